The van der Waals surface area contributed by atoms with Crippen LogP contribution in [0.5, 0.6) is 0 Å². The molecule has 0 aliphatic heterocycles. The average Bonchev–Trinajstić information content (AvgIpc) is 2.25. The molecule has 1 rings (SSSR count). The van der Waals surface area contributed by atoms with Crippen molar-refractivity contribution in [3.63, 3.8) is 0 Å². The van der Waals surface area contributed by atoms with Crippen LogP contribution in [0.25, 0.3) is 0 Å². The van der Waals surface area contributed by atoms with Gasteiger partial charge in [-0.05, 0) is 17.7 Å². The smallest absolute Gasteiger partial charge is 0.319 e. The molecule has 0 aromatic heterocycles. The zero-order valence-corrected chi connectivity index (χ0v) is 10.0. The van der Waals surface area contributed by atoms with E-state index < -0.39 is 40.5 Å². The second kappa shape index (κ2) is 5.03. The highest BCUT2D eigenvalue weighted by molar-refractivity contribution is 6.30. The van der Waals surface area contributed by atoms with E-state index in [0.717, 1.165) is 6.07 Å². The molecular weight excluding hydrogens is 322 g/mol. The zero-order valence-electron chi connectivity index (χ0n) is 9.29. The normalized spacial score (nSPS) is 15.3. The molecule has 0 unspecified atom stereocenters. The van der Waals surface area contributed by atoms with Crippen LogP contribution < -0.4 is 5.73 Å². The third kappa shape index (κ3) is 3.14. The van der Waals surface area contributed by atoms with E-state index in [2.05, 4.69) is 0 Å². The van der Waals surface area contributed by atoms with Gasteiger partial charge in [0.15, 0.2) is 0 Å². The number of rotatable bonds is 2. The summed E-state index contributed by atoms with van der Waals surface area (Å²) < 4.78 is 100. The molecule has 0 aliphatic rings. The molecule has 20 heavy (non-hydrogen) atoms. The van der Waals surface area contributed by atoms with Gasteiger partial charge in [0.25, 0.3) is 0 Å². The van der Waals surface area contributed by atoms with E-state index in [1.165, 1.54) is 0 Å². The first-order valence-corrected chi connectivity index (χ1v) is 5.23. The van der Waals surface area contributed by atoms with Gasteiger partial charge in [0, 0.05) is 5.02 Å². The van der Waals surface area contributed by atoms with Gasteiger partial charge in [0.1, 0.15) is 6.04 Å². The molecule has 0 aliphatic carbocycles. The summed E-state index contributed by atoms with van der Waals surface area (Å²) in [5.74, 6) is -5.51. The van der Waals surface area contributed by atoms with E-state index in [1.54, 1.807) is 0 Å². The maximum atomic E-state index is 13.0. The van der Waals surface area contributed by atoms with Crippen LogP contribution in [0.1, 0.15) is 17.2 Å². The summed E-state index contributed by atoms with van der Waals surface area (Å²) in [7, 11) is 0. The molecule has 0 amide bonds. The van der Waals surface area contributed by atoms with E-state index >= 15 is 0 Å². The Balaban J connectivity index is 3.41. The molecule has 2 N–H and O–H groups in total. The Kier molecular flexibility index (Phi) is 4.27. The van der Waals surface area contributed by atoms with Crippen LogP contribution in [0.2, 0.25) is 5.02 Å². The lowest BCUT2D eigenvalue weighted by molar-refractivity contribution is -0.291. The number of alkyl halides is 8. The second-order valence-corrected chi connectivity index (χ2v) is 4.26. The van der Waals surface area contributed by atoms with E-state index in [9.17, 15) is 35.1 Å². The number of halogens is 9. The van der Waals surface area contributed by atoms with Crippen molar-refractivity contribution in [1.82, 2.24) is 0 Å². The van der Waals surface area contributed by atoms with Crippen molar-refractivity contribution in [2.45, 2.75) is 24.3 Å². The Labute approximate surface area is 112 Å². The lowest BCUT2D eigenvalue weighted by Gasteiger charge is -2.27. The highest BCUT2D eigenvalue weighted by atomic mass is 35.5. The fourth-order valence-corrected chi connectivity index (χ4v) is 1.59. The minimum Gasteiger partial charge on any atom is -0.319 e. The molecule has 0 saturated heterocycles. The summed E-state index contributed by atoms with van der Waals surface area (Å²) in [5.41, 5.74) is 1.57. The van der Waals surface area contributed by atoms with Crippen molar-refractivity contribution in [1.29, 1.82) is 0 Å². The van der Waals surface area contributed by atoms with Crippen LogP contribution in [0.4, 0.5) is 35.1 Å². The van der Waals surface area contributed by atoms with Gasteiger partial charge in [0.2, 0.25) is 0 Å². The molecule has 0 bridgehead atoms. The molecule has 1 aromatic carbocycles. The van der Waals surface area contributed by atoms with E-state index in [1.807, 2.05) is 0 Å². The maximum absolute atomic E-state index is 13.0. The van der Waals surface area contributed by atoms with Crippen LogP contribution in [-0.2, 0) is 6.18 Å². The quantitative estimate of drug-likeness (QED) is 0.792. The van der Waals surface area contributed by atoms with Gasteiger partial charge in [-0.15, -0.1) is 0 Å². The van der Waals surface area contributed by atoms with E-state index in [-0.39, 0.29) is 6.07 Å². The van der Waals surface area contributed by atoms with Gasteiger partial charge >= 0.3 is 18.3 Å². The van der Waals surface area contributed by atoms with Crippen molar-refractivity contribution < 1.29 is 35.1 Å². The fourth-order valence-electron chi connectivity index (χ4n) is 1.42. The van der Waals surface area contributed by atoms with Gasteiger partial charge in [-0.3, -0.25) is 0 Å². The average molecular weight is 328 g/mol. The molecule has 0 radical (unpaired) electrons. The van der Waals surface area contributed by atoms with Gasteiger partial charge in [-0.2, -0.15) is 35.1 Å². The van der Waals surface area contributed by atoms with Crippen molar-refractivity contribution >= 4 is 11.6 Å². The van der Waals surface area contributed by atoms with Crippen LogP contribution in [0, 0.1) is 0 Å². The van der Waals surface area contributed by atoms with Crippen molar-refractivity contribution in [2.75, 3.05) is 0 Å². The van der Waals surface area contributed by atoms with Crippen molar-refractivity contribution in [3.8, 4) is 0 Å². The van der Waals surface area contributed by atoms with Crippen LogP contribution in [-0.4, -0.2) is 12.1 Å². The number of hydrogen-bond donors (Lipinski definition) is 1. The second-order valence-electron chi connectivity index (χ2n) is 3.83. The Bertz CT molecular complexity index is 493. The first-order chi connectivity index (χ1) is 8.78. The third-order valence-electron chi connectivity index (χ3n) is 2.42. The van der Waals surface area contributed by atoms with Crippen LogP contribution in [0.3, 0.4) is 0 Å². The van der Waals surface area contributed by atoms with Gasteiger partial charge < -0.3 is 5.73 Å². The van der Waals surface area contributed by atoms with E-state index in [4.69, 9.17) is 17.3 Å². The zero-order chi connectivity index (χ0) is 15.9. The topological polar surface area (TPSA) is 26.0 Å². The van der Waals surface area contributed by atoms with Crippen molar-refractivity contribution in [3.05, 3.63) is 34.3 Å². The molecule has 0 heterocycles. The molecule has 1 atom stereocenters. The van der Waals surface area contributed by atoms with Gasteiger partial charge in [-0.1, -0.05) is 17.7 Å². The molecule has 1 nitrogen and oxygen atoms in total. The largest absolute Gasteiger partial charge is 0.455 e. The summed E-state index contributed by atoms with van der Waals surface area (Å²) in [6.45, 7) is 0. The summed E-state index contributed by atoms with van der Waals surface area (Å²) in [6, 6.07) is -1.81. The molecule has 0 spiro atoms. The van der Waals surface area contributed by atoms with Crippen molar-refractivity contribution in [2.24, 2.45) is 5.73 Å². The SMILES string of the molecule is N[C@H](c1ccc(Cl)cc1C(F)(F)F)C(F)(F)C(F)(F)F. The first kappa shape index (κ1) is 17.0. The Morgan fingerprint density at radius 1 is 0.950 bits per heavy atom. The van der Waals surface area contributed by atoms with Gasteiger partial charge in [0.05, 0.1) is 5.56 Å². The Morgan fingerprint density at radius 3 is 1.85 bits per heavy atom. The number of nitrogens with two attached hydrogens (primary N) is 1. The van der Waals surface area contributed by atoms with Gasteiger partial charge in [-0.25, -0.2) is 0 Å². The van der Waals surface area contributed by atoms with Crippen LogP contribution in [0.15, 0.2) is 18.2 Å². The maximum Gasteiger partial charge on any atom is 0.455 e. The highest BCUT2D eigenvalue weighted by Gasteiger charge is 2.62. The first-order valence-electron chi connectivity index (χ1n) is 4.85. The molecule has 1 aromatic rings. The molecule has 114 valence electrons. The monoisotopic (exact) mass is 327 g/mol. The summed E-state index contributed by atoms with van der Waals surface area (Å²) in [4.78, 5) is 0. The Morgan fingerprint density at radius 2 is 1.45 bits per heavy atom. The molecule has 0 fully saturated rings. The van der Waals surface area contributed by atoms with Crippen LogP contribution >= 0.6 is 11.6 Å². The molecule has 0 saturated carbocycles. The Hall–Kier alpha value is -1.09. The molecule has 10 heteroatoms. The lowest BCUT2D eigenvalue weighted by atomic mass is 9.95. The number of hydrogen-bond acceptors (Lipinski definition) is 1. The fraction of sp³-hybridized carbons (Fsp3) is 0.400. The predicted octanol–water partition coefficient (Wildman–Crippen LogP) is 4.56. The lowest BCUT2D eigenvalue weighted by Crippen LogP contribution is -2.46. The summed E-state index contributed by atoms with van der Waals surface area (Å²) >= 11 is 5.28. The standard InChI is InChI=1S/C10H6ClF8N/c11-4-1-2-5(6(3-4)9(14,15)16)7(20)8(12,13)10(17,18)19/h1-3,7H,20H2/t7-/m1/s1. The highest BCUT2D eigenvalue weighted by Crippen LogP contribution is 2.46. The molecular formula is C10H6ClF8N. The van der Waals surface area contributed by atoms with E-state index in [0.29, 0.717) is 6.07 Å². The third-order valence-corrected chi connectivity index (χ3v) is 2.66. The summed E-state index contributed by atoms with van der Waals surface area (Å²) in [5, 5.41) is -0.469. The number of benzene rings is 1. The summed E-state index contributed by atoms with van der Waals surface area (Å²) in [6.07, 6.45) is -11.2. The minimum absolute atomic E-state index is 0.239. The minimum atomic E-state index is -6.07. The predicted molar refractivity (Wildman–Crippen MR) is 54.4 cm³/mol.